The molecule has 4 saturated carbocycles. The van der Waals surface area contributed by atoms with Gasteiger partial charge in [0, 0.05) is 19.5 Å². The molecular formula is C14H26N2O2. The van der Waals surface area contributed by atoms with Crippen LogP contribution in [0, 0.1) is 11.8 Å². The third kappa shape index (κ3) is 2.20. The standard InChI is InChI=1S/C14H26N2O2/c15-1-3-17-13-6-11-5-12(7-13)9-14(8-11,10-13)18-4-2-16/h11-12H,1-10,15-16H2. The molecule has 104 valence electrons. The summed E-state index contributed by atoms with van der Waals surface area (Å²) >= 11 is 0. The lowest BCUT2D eigenvalue weighted by Gasteiger charge is -2.61. The van der Waals surface area contributed by atoms with E-state index in [1.165, 1.54) is 32.1 Å². The Morgan fingerprint density at radius 2 is 1.28 bits per heavy atom. The summed E-state index contributed by atoms with van der Waals surface area (Å²) in [6, 6.07) is 0. The average molecular weight is 254 g/mol. The summed E-state index contributed by atoms with van der Waals surface area (Å²) in [5.41, 5.74) is 11.3. The average Bonchev–Trinajstić information content (AvgIpc) is 2.32. The lowest BCUT2D eigenvalue weighted by molar-refractivity contribution is -0.235. The molecule has 0 amide bonds. The Morgan fingerprint density at radius 3 is 1.67 bits per heavy atom. The van der Waals surface area contributed by atoms with Crippen LogP contribution >= 0.6 is 0 Å². The molecule has 4 nitrogen and oxygen atoms in total. The van der Waals surface area contributed by atoms with Crippen LogP contribution in [0.4, 0.5) is 0 Å². The molecule has 4 aliphatic rings. The molecule has 0 spiro atoms. The summed E-state index contributed by atoms with van der Waals surface area (Å²) in [5.74, 6) is 1.59. The lowest BCUT2D eigenvalue weighted by atomic mass is 9.52. The van der Waals surface area contributed by atoms with E-state index < -0.39 is 0 Å². The van der Waals surface area contributed by atoms with Crippen LogP contribution in [0.15, 0.2) is 0 Å². The summed E-state index contributed by atoms with van der Waals surface area (Å²) in [7, 11) is 0. The molecule has 4 aliphatic carbocycles. The van der Waals surface area contributed by atoms with Gasteiger partial charge in [-0.25, -0.2) is 0 Å². The lowest BCUT2D eigenvalue weighted by Crippen LogP contribution is -2.61. The maximum atomic E-state index is 6.16. The van der Waals surface area contributed by atoms with Crippen molar-refractivity contribution >= 4 is 0 Å². The van der Waals surface area contributed by atoms with Gasteiger partial charge >= 0.3 is 0 Å². The van der Waals surface area contributed by atoms with Crippen LogP contribution in [0.3, 0.4) is 0 Å². The molecule has 4 bridgehead atoms. The van der Waals surface area contributed by atoms with Gasteiger partial charge in [0.1, 0.15) is 0 Å². The first kappa shape index (κ1) is 12.9. The van der Waals surface area contributed by atoms with Crippen molar-refractivity contribution in [2.45, 2.75) is 49.7 Å². The highest BCUT2D eigenvalue weighted by molar-refractivity contribution is 5.10. The maximum absolute atomic E-state index is 6.16. The molecule has 18 heavy (non-hydrogen) atoms. The molecule has 4 heteroatoms. The van der Waals surface area contributed by atoms with E-state index in [0.717, 1.165) is 18.3 Å². The Labute approximate surface area is 109 Å². The Kier molecular flexibility index (Phi) is 3.39. The van der Waals surface area contributed by atoms with Crippen molar-refractivity contribution in [2.75, 3.05) is 26.3 Å². The van der Waals surface area contributed by atoms with Crippen molar-refractivity contribution in [2.24, 2.45) is 23.3 Å². The van der Waals surface area contributed by atoms with Crippen LogP contribution in [0.1, 0.15) is 38.5 Å². The number of rotatable bonds is 6. The SMILES string of the molecule is NCCOC12CC3CC(C1)CC(OCCN)(C3)C2. The first-order valence-corrected chi connectivity index (χ1v) is 7.37. The second-order valence-corrected chi connectivity index (χ2v) is 6.60. The number of ether oxygens (including phenoxy) is 2. The smallest absolute Gasteiger partial charge is 0.0716 e. The van der Waals surface area contributed by atoms with Crippen molar-refractivity contribution in [3.8, 4) is 0 Å². The van der Waals surface area contributed by atoms with Crippen molar-refractivity contribution in [1.82, 2.24) is 0 Å². The number of hydrogen-bond donors (Lipinski definition) is 2. The molecule has 0 aromatic heterocycles. The highest BCUT2D eigenvalue weighted by Crippen LogP contribution is 2.60. The summed E-state index contributed by atoms with van der Waals surface area (Å²) in [4.78, 5) is 0. The van der Waals surface area contributed by atoms with Crippen molar-refractivity contribution in [3.05, 3.63) is 0 Å². The Hall–Kier alpha value is -0.160. The summed E-state index contributed by atoms with van der Waals surface area (Å²) in [6.45, 7) is 2.61. The Morgan fingerprint density at radius 1 is 0.833 bits per heavy atom. The van der Waals surface area contributed by atoms with E-state index in [1.807, 2.05) is 0 Å². The van der Waals surface area contributed by atoms with E-state index in [1.54, 1.807) is 0 Å². The van der Waals surface area contributed by atoms with Crippen LogP contribution < -0.4 is 11.5 Å². The van der Waals surface area contributed by atoms with E-state index in [0.29, 0.717) is 26.3 Å². The zero-order chi connectivity index (χ0) is 12.6. The molecule has 0 aliphatic heterocycles. The van der Waals surface area contributed by atoms with E-state index >= 15 is 0 Å². The minimum atomic E-state index is 0.0675. The third-order valence-electron chi connectivity index (χ3n) is 5.01. The van der Waals surface area contributed by atoms with E-state index in [2.05, 4.69) is 0 Å². The first-order chi connectivity index (χ1) is 8.69. The quantitative estimate of drug-likeness (QED) is 0.742. The van der Waals surface area contributed by atoms with Crippen LogP contribution in [-0.2, 0) is 9.47 Å². The predicted octanol–water partition coefficient (Wildman–Crippen LogP) is 1.03. The minimum Gasteiger partial charge on any atom is -0.374 e. The predicted molar refractivity (Wildman–Crippen MR) is 70.2 cm³/mol. The molecule has 0 atom stereocenters. The molecule has 0 unspecified atom stereocenters. The van der Waals surface area contributed by atoms with E-state index in [-0.39, 0.29) is 11.2 Å². The second kappa shape index (κ2) is 4.75. The van der Waals surface area contributed by atoms with Gasteiger partial charge in [0.25, 0.3) is 0 Å². The van der Waals surface area contributed by atoms with Crippen LogP contribution in [-0.4, -0.2) is 37.5 Å². The summed E-state index contributed by atoms with van der Waals surface area (Å²) < 4.78 is 12.3. The molecule has 4 N–H and O–H groups in total. The van der Waals surface area contributed by atoms with Crippen molar-refractivity contribution in [1.29, 1.82) is 0 Å². The molecule has 0 heterocycles. The van der Waals surface area contributed by atoms with Gasteiger partial charge in [0.05, 0.1) is 24.4 Å². The Balaban J connectivity index is 1.75. The molecule has 4 rings (SSSR count). The zero-order valence-corrected chi connectivity index (χ0v) is 11.2. The van der Waals surface area contributed by atoms with Crippen LogP contribution in [0.5, 0.6) is 0 Å². The minimum absolute atomic E-state index is 0.0675. The molecule has 0 aromatic rings. The van der Waals surface area contributed by atoms with Crippen LogP contribution in [0.25, 0.3) is 0 Å². The fraction of sp³-hybridized carbons (Fsp3) is 1.00. The summed E-state index contributed by atoms with van der Waals surface area (Å²) in [6.07, 6.45) is 7.32. The molecule has 0 radical (unpaired) electrons. The van der Waals surface area contributed by atoms with Gasteiger partial charge in [-0.3, -0.25) is 0 Å². The van der Waals surface area contributed by atoms with Crippen LogP contribution in [0.2, 0.25) is 0 Å². The van der Waals surface area contributed by atoms with E-state index in [9.17, 15) is 0 Å². The molecule has 0 aromatic carbocycles. The first-order valence-electron chi connectivity index (χ1n) is 7.37. The van der Waals surface area contributed by atoms with Gasteiger partial charge in [-0.2, -0.15) is 0 Å². The highest BCUT2D eigenvalue weighted by atomic mass is 16.5. The topological polar surface area (TPSA) is 70.5 Å². The van der Waals surface area contributed by atoms with Gasteiger partial charge in [0.15, 0.2) is 0 Å². The number of nitrogens with two attached hydrogens (primary N) is 2. The monoisotopic (exact) mass is 254 g/mol. The van der Waals surface area contributed by atoms with Gasteiger partial charge in [-0.15, -0.1) is 0 Å². The summed E-state index contributed by atoms with van der Waals surface area (Å²) in [5, 5.41) is 0. The largest absolute Gasteiger partial charge is 0.374 e. The molecule has 4 fully saturated rings. The third-order valence-corrected chi connectivity index (χ3v) is 5.01. The van der Waals surface area contributed by atoms with Gasteiger partial charge < -0.3 is 20.9 Å². The Bertz CT molecular complexity index is 268. The van der Waals surface area contributed by atoms with Gasteiger partial charge in [0.2, 0.25) is 0 Å². The molecular weight excluding hydrogens is 228 g/mol. The van der Waals surface area contributed by atoms with Gasteiger partial charge in [-0.1, -0.05) is 0 Å². The van der Waals surface area contributed by atoms with Gasteiger partial charge in [-0.05, 0) is 43.9 Å². The fourth-order valence-electron chi connectivity index (χ4n) is 4.98. The van der Waals surface area contributed by atoms with E-state index in [4.69, 9.17) is 20.9 Å². The molecule has 0 saturated heterocycles. The fourth-order valence-corrected chi connectivity index (χ4v) is 4.98. The maximum Gasteiger partial charge on any atom is 0.0716 e. The number of hydrogen-bond acceptors (Lipinski definition) is 4. The van der Waals surface area contributed by atoms with Crippen molar-refractivity contribution < 1.29 is 9.47 Å². The normalized spacial score (nSPS) is 45.7. The van der Waals surface area contributed by atoms with Crippen molar-refractivity contribution in [3.63, 3.8) is 0 Å². The zero-order valence-electron chi connectivity index (χ0n) is 11.2. The second-order valence-electron chi connectivity index (χ2n) is 6.60. The highest BCUT2D eigenvalue weighted by Gasteiger charge is 2.59.